The number of alkyl halides is 1. The molecule has 0 nitrogen and oxygen atoms in total. The Balaban J connectivity index is 2.42. The lowest BCUT2D eigenvalue weighted by Crippen LogP contribution is -1.98. The summed E-state index contributed by atoms with van der Waals surface area (Å²) in [4.78, 5) is 0. The van der Waals surface area contributed by atoms with Gasteiger partial charge in [-0.2, -0.15) is 0 Å². The van der Waals surface area contributed by atoms with E-state index in [2.05, 4.69) is 32.0 Å². The minimum Gasteiger partial charge on any atom is -0.113 e. The van der Waals surface area contributed by atoms with Crippen molar-refractivity contribution in [2.75, 3.05) is 0 Å². The highest BCUT2D eigenvalue weighted by Crippen LogP contribution is 2.36. The maximum atomic E-state index is 6.59. The van der Waals surface area contributed by atoms with Gasteiger partial charge >= 0.3 is 0 Å². The summed E-state index contributed by atoms with van der Waals surface area (Å²) < 4.78 is 0. The standard InChI is InChI=1S/C17H17Cl3/c1-3-11-5-6-13(9-12(11)4-2)17(20)15-10-14(18)7-8-16(15)19/h5-10,17H,3-4H2,1-2H3. The molecule has 0 N–H and O–H groups in total. The van der Waals surface area contributed by atoms with E-state index in [0.717, 1.165) is 24.0 Å². The highest BCUT2D eigenvalue weighted by atomic mass is 35.5. The fraction of sp³-hybridized carbons (Fsp3) is 0.294. The molecular formula is C17H17Cl3. The van der Waals surface area contributed by atoms with Crippen LogP contribution in [0.25, 0.3) is 0 Å². The van der Waals surface area contributed by atoms with E-state index in [1.807, 2.05) is 6.07 Å². The summed E-state index contributed by atoms with van der Waals surface area (Å²) in [7, 11) is 0. The molecule has 1 atom stereocenters. The van der Waals surface area contributed by atoms with Gasteiger partial charge in [0.05, 0.1) is 5.38 Å². The van der Waals surface area contributed by atoms with Crippen LogP contribution < -0.4 is 0 Å². The number of hydrogen-bond donors (Lipinski definition) is 0. The van der Waals surface area contributed by atoms with Crippen molar-refractivity contribution < 1.29 is 0 Å². The summed E-state index contributed by atoms with van der Waals surface area (Å²) >= 11 is 18.9. The molecule has 3 heteroatoms. The van der Waals surface area contributed by atoms with Gasteiger partial charge in [0.15, 0.2) is 0 Å². The molecule has 0 heterocycles. The third-order valence-corrected chi connectivity index (χ3v) is 4.58. The first-order valence-corrected chi connectivity index (χ1v) is 7.96. The van der Waals surface area contributed by atoms with E-state index in [9.17, 15) is 0 Å². The summed E-state index contributed by atoms with van der Waals surface area (Å²) in [6.45, 7) is 4.33. The van der Waals surface area contributed by atoms with E-state index in [0.29, 0.717) is 10.0 Å². The average Bonchev–Trinajstić information content (AvgIpc) is 2.48. The van der Waals surface area contributed by atoms with Gasteiger partial charge in [0.25, 0.3) is 0 Å². The minimum absolute atomic E-state index is 0.280. The van der Waals surface area contributed by atoms with Crippen LogP contribution in [0.5, 0.6) is 0 Å². The van der Waals surface area contributed by atoms with Crippen LogP contribution in [0.15, 0.2) is 36.4 Å². The zero-order valence-electron chi connectivity index (χ0n) is 11.6. The first kappa shape index (κ1) is 15.7. The zero-order chi connectivity index (χ0) is 14.7. The lowest BCUT2D eigenvalue weighted by molar-refractivity contribution is 1.02. The number of benzene rings is 2. The second-order valence-electron chi connectivity index (χ2n) is 4.76. The molecule has 0 spiro atoms. The highest BCUT2D eigenvalue weighted by Gasteiger charge is 2.16. The van der Waals surface area contributed by atoms with Crippen molar-refractivity contribution in [3.63, 3.8) is 0 Å². The molecule has 0 fully saturated rings. The third-order valence-electron chi connectivity index (χ3n) is 3.52. The van der Waals surface area contributed by atoms with Crippen LogP contribution in [0.4, 0.5) is 0 Å². The van der Waals surface area contributed by atoms with E-state index in [-0.39, 0.29) is 5.38 Å². The quantitative estimate of drug-likeness (QED) is 0.566. The summed E-state index contributed by atoms with van der Waals surface area (Å²) in [6, 6.07) is 11.8. The van der Waals surface area contributed by atoms with Gasteiger partial charge in [-0.3, -0.25) is 0 Å². The van der Waals surface area contributed by atoms with Crippen LogP contribution in [-0.2, 0) is 12.8 Å². The van der Waals surface area contributed by atoms with Crippen molar-refractivity contribution in [3.05, 3.63) is 68.7 Å². The Labute approximate surface area is 135 Å². The molecule has 0 amide bonds. The van der Waals surface area contributed by atoms with Crippen LogP contribution in [-0.4, -0.2) is 0 Å². The largest absolute Gasteiger partial charge is 0.113 e. The molecular weight excluding hydrogens is 311 g/mol. The van der Waals surface area contributed by atoms with Gasteiger partial charge in [-0.1, -0.05) is 55.2 Å². The Kier molecular flexibility index (Phi) is 5.37. The van der Waals surface area contributed by atoms with Crippen molar-refractivity contribution in [1.29, 1.82) is 0 Å². The van der Waals surface area contributed by atoms with Gasteiger partial charge in [0.2, 0.25) is 0 Å². The normalized spacial score (nSPS) is 12.4. The van der Waals surface area contributed by atoms with Crippen molar-refractivity contribution in [2.24, 2.45) is 0 Å². The summed E-state index contributed by atoms with van der Waals surface area (Å²) in [5.41, 5.74) is 4.63. The first-order valence-electron chi connectivity index (χ1n) is 6.77. The molecule has 0 bridgehead atoms. The van der Waals surface area contributed by atoms with Crippen molar-refractivity contribution in [3.8, 4) is 0 Å². The number of rotatable bonds is 4. The molecule has 0 aromatic heterocycles. The summed E-state index contributed by atoms with van der Waals surface area (Å²) in [5.74, 6) is 0. The molecule has 0 aliphatic rings. The SMILES string of the molecule is CCc1ccc(C(Cl)c2cc(Cl)ccc2Cl)cc1CC. The van der Waals surface area contributed by atoms with Gasteiger partial charge in [0.1, 0.15) is 0 Å². The predicted octanol–water partition coefficient (Wildman–Crippen LogP) is 6.45. The van der Waals surface area contributed by atoms with Crippen molar-refractivity contribution in [1.82, 2.24) is 0 Å². The van der Waals surface area contributed by atoms with E-state index in [4.69, 9.17) is 34.8 Å². The topological polar surface area (TPSA) is 0 Å². The predicted molar refractivity (Wildman–Crippen MR) is 89.4 cm³/mol. The second-order valence-corrected chi connectivity index (χ2v) is 6.04. The molecule has 2 aromatic rings. The molecule has 2 aromatic carbocycles. The molecule has 2 rings (SSSR count). The van der Waals surface area contributed by atoms with Gasteiger partial charge in [-0.15, -0.1) is 11.6 Å². The molecule has 1 unspecified atom stereocenters. The van der Waals surface area contributed by atoms with Crippen LogP contribution >= 0.6 is 34.8 Å². The average molecular weight is 328 g/mol. The Bertz CT molecular complexity index is 605. The molecule has 0 aliphatic carbocycles. The van der Waals surface area contributed by atoms with Gasteiger partial charge in [-0.05, 0) is 53.3 Å². The number of aryl methyl sites for hydroxylation is 2. The second kappa shape index (κ2) is 6.85. The maximum absolute atomic E-state index is 6.59. The maximum Gasteiger partial charge on any atom is 0.0850 e. The molecule has 0 saturated carbocycles. The zero-order valence-corrected chi connectivity index (χ0v) is 13.9. The number of hydrogen-bond acceptors (Lipinski definition) is 0. The van der Waals surface area contributed by atoms with Gasteiger partial charge in [-0.25, -0.2) is 0 Å². The van der Waals surface area contributed by atoms with E-state index in [1.165, 1.54) is 11.1 Å². The lowest BCUT2D eigenvalue weighted by atomic mass is 9.96. The van der Waals surface area contributed by atoms with Crippen LogP contribution in [0, 0.1) is 0 Å². The Hall–Kier alpha value is -0.690. The fourth-order valence-electron chi connectivity index (χ4n) is 2.37. The molecule has 0 saturated heterocycles. The Morgan fingerprint density at radius 2 is 1.60 bits per heavy atom. The van der Waals surface area contributed by atoms with E-state index >= 15 is 0 Å². The first-order chi connectivity index (χ1) is 9.56. The van der Waals surface area contributed by atoms with Gasteiger partial charge in [0, 0.05) is 10.0 Å². The van der Waals surface area contributed by atoms with Crippen LogP contribution in [0.1, 0.15) is 41.5 Å². The van der Waals surface area contributed by atoms with E-state index in [1.54, 1.807) is 12.1 Å². The smallest absolute Gasteiger partial charge is 0.0850 e. The van der Waals surface area contributed by atoms with Crippen molar-refractivity contribution >= 4 is 34.8 Å². The minimum atomic E-state index is -0.280. The lowest BCUT2D eigenvalue weighted by Gasteiger charge is -2.15. The number of halogens is 3. The fourth-order valence-corrected chi connectivity index (χ4v) is 3.15. The van der Waals surface area contributed by atoms with Crippen LogP contribution in [0.3, 0.4) is 0 Å². The Morgan fingerprint density at radius 1 is 0.900 bits per heavy atom. The Morgan fingerprint density at radius 3 is 2.25 bits per heavy atom. The summed E-state index contributed by atoms with van der Waals surface area (Å²) in [5, 5.41) is 1.01. The molecule has 106 valence electrons. The van der Waals surface area contributed by atoms with E-state index < -0.39 is 0 Å². The molecule has 20 heavy (non-hydrogen) atoms. The van der Waals surface area contributed by atoms with Crippen LogP contribution in [0.2, 0.25) is 10.0 Å². The van der Waals surface area contributed by atoms with Gasteiger partial charge < -0.3 is 0 Å². The monoisotopic (exact) mass is 326 g/mol. The summed E-state index contributed by atoms with van der Waals surface area (Å²) in [6.07, 6.45) is 2.04. The van der Waals surface area contributed by atoms with Crippen molar-refractivity contribution in [2.45, 2.75) is 32.1 Å². The molecule has 0 radical (unpaired) electrons. The highest BCUT2D eigenvalue weighted by molar-refractivity contribution is 6.35. The third kappa shape index (κ3) is 3.31. The molecule has 0 aliphatic heterocycles.